The van der Waals surface area contributed by atoms with Gasteiger partial charge in [0, 0.05) is 5.92 Å². The maximum absolute atomic E-state index is 5.89. The highest BCUT2D eigenvalue weighted by molar-refractivity contribution is 5.33. The van der Waals surface area contributed by atoms with E-state index >= 15 is 0 Å². The number of benzene rings is 1. The van der Waals surface area contributed by atoms with E-state index in [1.54, 1.807) is 0 Å². The van der Waals surface area contributed by atoms with Crippen LogP contribution in [0.4, 0.5) is 0 Å². The second-order valence-electron chi connectivity index (χ2n) is 5.32. The Balaban J connectivity index is 1.62. The first kappa shape index (κ1) is 12.6. The zero-order chi connectivity index (χ0) is 13.1. The lowest BCUT2D eigenvalue weighted by Gasteiger charge is -2.22. The van der Waals surface area contributed by atoms with Gasteiger partial charge in [-0.15, -0.1) is 0 Å². The van der Waals surface area contributed by atoms with Crippen molar-refractivity contribution in [2.24, 2.45) is 11.8 Å². The molecule has 0 amide bonds. The van der Waals surface area contributed by atoms with Crippen molar-refractivity contribution < 1.29 is 9.47 Å². The summed E-state index contributed by atoms with van der Waals surface area (Å²) in [6.07, 6.45) is 4.57. The molecule has 1 aromatic carbocycles. The highest BCUT2D eigenvalue weighted by Gasteiger charge is 2.27. The minimum Gasteiger partial charge on any atom is -0.376 e. The summed E-state index contributed by atoms with van der Waals surface area (Å²) in [6, 6.07) is 10.3. The molecule has 1 fully saturated rings. The molecule has 1 aliphatic heterocycles. The van der Waals surface area contributed by atoms with Gasteiger partial charge in [0.15, 0.2) is 0 Å². The molecule has 1 aliphatic carbocycles. The maximum Gasteiger partial charge on any atom is 0.0721 e. The zero-order valence-corrected chi connectivity index (χ0v) is 11.3. The van der Waals surface area contributed by atoms with E-state index in [4.69, 9.17) is 9.47 Å². The topological polar surface area (TPSA) is 18.5 Å². The Hall–Kier alpha value is -1.38. The van der Waals surface area contributed by atoms with Crippen molar-refractivity contribution in [3.63, 3.8) is 0 Å². The summed E-state index contributed by atoms with van der Waals surface area (Å²) in [7, 11) is 0. The lowest BCUT2D eigenvalue weighted by atomic mass is 9.84. The van der Waals surface area contributed by atoms with E-state index in [-0.39, 0.29) is 0 Å². The van der Waals surface area contributed by atoms with E-state index in [0.717, 1.165) is 19.8 Å². The van der Waals surface area contributed by atoms with Crippen molar-refractivity contribution in [3.05, 3.63) is 59.2 Å². The maximum atomic E-state index is 5.89. The number of allylic oxidation sites excluding steroid dienone is 1. The Kier molecular flexibility index (Phi) is 3.81. The zero-order valence-electron chi connectivity index (χ0n) is 11.3. The summed E-state index contributed by atoms with van der Waals surface area (Å²) >= 11 is 0. The number of fused-ring (bicyclic) bond motifs is 1. The van der Waals surface area contributed by atoms with Gasteiger partial charge in [0.2, 0.25) is 0 Å². The molecule has 1 aromatic rings. The average molecular weight is 256 g/mol. The molecule has 0 unspecified atom stereocenters. The Bertz CT molecular complexity index is 487. The van der Waals surface area contributed by atoms with Crippen molar-refractivity contribution in [1.29, 1.82) is 0 Å². The van der Waals surface area contributed by atoms with Gasteiger partial charge in [-0.05, 0) is 22.6 Å². The Morgan fingerprint density at radius 1 is 1.16 bits per heavy atom. The summed E-state index contributed by atoms with van der Waals surface area (Å²) in [6.45, 7) is 5.25. The van der Waals surface area contributed by atoms with Gasteiger partial charge in [-0.25, -0.2) is 0 Å². The van der Waals surface area contributed by atoms with Crippen LogP contribution in [-0.2, 0) is 16.1 Å². The van der Waals surface area contributed by atoms with Gasteiger partial charge in [0.05, 0.1) is 26.4 Å². The van der Waals surface area contributed by atoms with Crippen LogP contribution >= 0.6 is 0 Å². The third kappa shape index (κ3) is 2.80. The van der Waals surface area contributed by atoms with E-state index in [2.05, 4.69) is 31.2 Å². The summed E-state index contributed by atoms with van der Waals surface area (Å²) in [5, 5.41) is 0. The molecule has 0 N–H and O–H groups in total. The fourth-order valence-corrected chi connectivity index (χ4v) is 2.79. The second-order valence-corrected chi connectivity index (χ2v) is 5.32. The fraction of sp³-hybridized carbons (Fsp3) is 0.412. The lowest BCUT2D eigenvalue weighted by Crippen LogP contribution is -2.16. The fourth-order valence-electron chi connectivity index (χ4n) is 2.79. The smallest absolute Gasteiger partial charge is 0.0721 e. The van der Waals surface area contributed by atoms with Crippen LogP contribution < -0.4 is 0 Å². The number of ether oxygens (including phenoxy) is 2. The predicted molar refractivity (Wildman–Crippen MR) is 75.7 cm³/mol. The molecule has 0 bridgehead atoms. The molecule has 2 nitrogen and oxygen atoms in total. The van der Waals surface area contributed by atoms with Crippen molar-refractivity contribution in [2.75, 3.05) is 19.8 Å². The third-order valence-corrected chi connectivity index (χ3v) is 3.97. The minimum absolute atomic E-state index is 0.476. The summed E-state index contributed by atoms with van der Waals surface area (Å²) in [5.41, 5.74) is 4.09. The van der Waals surface area contributed by atoms with Crippen LogP contribution in [0.1, 0.15) is 12.5 Å². The van der Waals surface area contributed by atoms with Crippen LogP contribution in [0.2, 0.25) is 0 Å². The monoisotopic (exact) mass is 256 g/mol. The van der Waals surface area contributed by atoms with Gasteiger partial charge in [0.1, 0.15) is 0 Å². The summed E-state index contributed by atoms with van der Waals surface area (Å²) in [4.78, 5) is 0. The van der Waals surface area contributed by atoms with Crippen LogP contribution in [0, 0.1) is 11.8 Å². The van der Waals surface area contributed by atoms with Crippen molar-refractivity contribution >= 4 is 0 Å². The molecule has 2 aliphatic rings. The van der Waals surface area contributed by atoms with E-state index in [9.17, 15) is 0 Å². The third-order valence-electron chi connectivity index (χ3n) is 3.97. The lowest BCUT2D eigenvalue weighted by molar-refractivity contribution is 0.137. The quantitative estimate of drug-likeness (QED) is 0.769. The van der Waals surface area contributed by atoms with Gasteiger partial charge in [-0.2, -0.15) is 0 Å². The molecule has 0 aromatic heterocycles. The Morgan fingerprint density at radius 3 is 2.84 bits per heavy atom. The molecular weight excluding hydrogens is 236 g/mol. The number of rotatable bonds is 4. The van der Waals surface area contributed by atoms with Crippen molar-refractivity contribution in [3.8, 4) is 0 Å². The molecule has 2 atom stereocenters. The predicted octanol–water partition coefficient (Wildman–Crippen LogP) is 3.35. The van der Waals surface area contributed by atoms with Crippen LogP contribution in [-0.4, -0.2) is 19.8 Å². The average Bonchev–Trinajstić information content (AvgIpc) is 2.91. The first-order chi connectivity index (χ1) is 9.34. The summed E-state index contributed by atoms with van der Waals surface area (Å²) < 4.78 is 11.5. The molecule has 3 rings (SSSR count). The van der Waals surface area contributed by atoms with E-state index in [1.807, 2.05) is 18.2 Å². The summed E-state index contributed by atoms with van der Waals surface area (Å²) in [5.74, 6) is 0.968. The molecule has 1 saturated heterocycles. The van der Waals surface area contributed by atoms with Crippen molar-refractivity contribution in [2.45, 2.75) is 13.5 Å². The Labute approximate surface area is 114 Å². The first-order valence-electron chi connectivity index (χ1n) is 6.94. The SMILES string of the molecule is C[C@@H]1C=C[C@@H]2COCC2=C1COCc1ccccc1. The highest BCUT2D eigenvalue weighted by atomic mass is 16.5. The van der Waals surface area contributed by atoms with Gasteiger partial charge >= 0.3 is 0 Å². The van der Waals surface area contributed by atoms with Gasteiger partial charge in [0.25, 0.3) is 0 Å². The molecule has 19 heavy (non-hydrogen) atoms. The van der Waals surface area contributed by atoms with Crippen molar-refractivity contribution in [1.82, 2.24) is 0 Å². The largest absolute Gasteiger partial charge is 0.376 e. The van der Waals surface area contributed by atoms with Crippen LogP contribution in [0.5, 0.6) is 0 Å². The van der Waals surface area contributed by atoms with E-state index < -0.39 is 0 Å². The molecule has 0 spiro atoms. The molecule has 1 heterocycles. The number of hydrogen-bond donors (Lipinski definition) is 0. The normalized spacial score (nSPS) is 25.7. The minimum atomic E-state index is 0.476. The highest BCUT2D eigenvalue weighted by Crippen LogP contribution is 2.33. The van der Waals surface area contributed by atoms with E-state index in [1.165, 1.54) is 16.7 Å². The molecule has 0 radical (unpaired) electrons. The molecule has 2 heteroatoms. The van der Waals surface area contributed by atoms with Gasteiger partial charge < -0.3 is 9.47 Å². The first-order valence-corrected chi connectivity index (χ1v) is 6.94. The van der Waals surface area contributed by atoms with E-state index in [0.29, 0.717) is 18.4 Å². The van der Waals surface area contributed by atoms with Crippen LogP contribution in [0.3, 0.4) is 0 Å². The second kappa shape index (κ2) is 5.72. The van der Waals surface area contributed by atoms with Crippen LogP contribution in [0.15, 0.2) is 53.6 Å². The van der Waals surface area contributed by atoms with Gasteiger partial charge in [-0.1, -0.05) is 49.4 Å². The molecular formula is C17H20O2. The molecule has 0 saturated carbocycles. The standard InChI is InChI=1S/C17H20O2/c1-13-7-8-15-10-19-12-17(15)16(13)11-18-9-14-5-3-2-4-6-14/h2-8,13,15H,9-12H2,1H3/t13-,15-/m1/s1. The number of hydrogen-bond acceptors (Lipinski definition) is 2. The molecule has 100 valence electrons. The Morgan fingerprint density at radius 2 is 2.00 bits per heavy atom. The van der Waals surface area contributed by atoms with Crippen LogP contribution in [0.25, 0.3) is 0 Å². The van der Waals surface area contributed by atoms with Gasteiger partial charge in [-0.3, -0.25) is 0 Å².